The summed E-state index contributed by atoms with van der Waals surface area (Å²) in [4.78, 5) is 0. The van der Waals surface area contributed by atoms with Crippen LogP contribution in [0, 0.1) is 6.92 Å². The molecular formula is C12H17N5. The largest absolute Gasteiger partial charge is 0.396 e. The first-order valence-corrected chi connectivity index (χ1v) is 5.83. The fraction of sp³-hybridized carbons (Fsp3) is 0.417. The Morgan fingerprint density at radius 2 is 2.06 bits per heavy atom. The minimum Gasteiger partial charge on any atom is -0.396 e. The zero-order valence-electron chi connectivity index (χ0n) is 10.4. The molecule has 0 aliphatic heterocycles. The number of nitrogen functional groups attached to an aromatic ring is 1. The molecule has 0 unspecified atom stereocenters. The molecule has 0 bridgehead atoms. The Kier molecular flexibility index (Phi) is 3.08. The van der Waals surface area contributed by atoms with Crippen LogP contribution in [0.25, 0.3) is 5.82 Å². The van der Waals surface area contributed by atoms with E-state index in [1.807, 2.05) is 19.9 Å². The lowest BCUT2D eigenvalue weighted by molar-refractivity contribution is 0.752. The van der Waals surface area contributed by atoms with Gasteiger partial charge in [0, 0.05) is 0 Å². The van der Waals surface area contributed by atoms with E-state index in [9.17, 15) is 0 Å². The van der Waals surface area contributed by atoms with Crippen LogP contribution in [0.2, 0.25) is 0 Å². The quantitative estimate of drug-likeness (QED) is 0.872. The standard InChI is InChI=1S/C12H17N5/c1-4-9-12(13)10(5-2)17(16-9)11-6-8(3)7-14-15-11/h6-7H,4-5,13H2,1-3H3. The predicted molar refractivity (Wildman–Crippen MR) is 67.1 cm³/mol. The first-order valence-electron chi connectivity index (χ1n) is 5.83. The highest BCUT2D eigenvalue weighted by Gasteiger charge is 2.14. The van der Waals surface area contributed by atoms with Crippen LogP contribution in [0.15, 0.2) is 12.3 Å². The molecule has 0 atom stereocenters. The number of anilines is 1. The van der Waals surface area contributed by atoms with E-state index in [1.54, 1.807) is 10.9 Å². The molecule has 17 heavy (non-hydrogen) atoms. The highest BCUT2D eigenvalue weighted by atomic mass is 15.4. The van der Waals surface area contributed by atoms with Gasteiger partial charge < -0.3 is 5.73 Å². The van der Waals surface area contributed by atoms with Crippen LogP contribution in [0.5, 0.6) is 0 Å². The third-order valence-corrected chi connectivity index (χ3v) is 2.76. The highest BCUT2D eigenvalue weighted by Crippen LogP contribution is 2.21. The Labute approximate surface area is 101 Å². The van der Waals surface area contributed by atoms with Gasteiger partial charge in [-0.3, -0.25) is 0 Å². The molecule has 2 heterocycles. The van der Waals surface area contributed by atoms with Crippen molar-refractivity contribution >= 4 is 5.69 Å². The van der Waals surface area contributed by atoms with Gasteiger partial charge in [0.1, 0.15) is 0 Å². The van der Waals surface area contributed by atoms with Crippen LogP contribution >= 0.6 is 0 Å². The molecule has 0 amide bonds. The Morgan fingerprint density at radius 3 is 2.65 bits per heavy atom. The lowest BCUT2D eigenvalue weighted by Crippen LogP contribution is -2.06. The molecule has 2 aromatic heterocycles. The van der Waals surface area contributed by atoms with Gasteiger partial charge in [-0.2, -0.15) is 10.2 Å². The topological polar surface area (TPSA) is 69.6 Å². The van der Waals surface area contributed by atoms with Crippen LogP contribution in [0.1, 0.15) is 30.8 Å². The fourth-order valence-electron chi connectivity index (χ4n) is 1.86. The van der Waals surface area contributed by atoms with Crippen LogP contribution in [0.3, 0.4) is 0 Å². The maximum atomic E-state index is 6.07. The summed E-state index contributed by atoms with van der Waals surface area (Å²) in [5.41, 5.74) is 9.83. The second-order valence-electron chi connectivity index (χ2n) is 4.02. The van der Waals surface area contributed by atoms with E-state index >= 15 is 0 Å². The second-order valence-corrected chi connectivity index (χ2v) is 4.02. The summed E-state index contributed by atoms with van der Waals surface area (Å²) < 4.78 is 1.80. The van der Waals surface area contributed by atoms with Crippen molar-refractivity contribution in [2.75, 3.05) is 5.73 Å². The molecule has 5 nitrogen and oxygen atoms in total. The van der Waals surface area contributed by atoms with Crippen LogP contribution in [0.4, 0.5) is 5.69 Å². The van der Waals surface area contributed by atoms with Gasteiger partial charge in [0.25, 0.3) is 0 Å². The summed E-state index contributed by atoms with van der Waals surface area (Å²) in [6, 6.07) is 1.96. The van der Waals surface area contributed by atoms with Gasteiger partial charge in [-0.05, 0) is 31.4 Å². The third kappa shape index (κ3) is 2.00. The molecule has 0 saturated carbocycles. The second kappa shape index (κ2) is 4.53. The summed E-state index contributed by atoms with van der Waals surface area (Å²) in [7, 11) is 0. The maximum absolute atomic E-state index is 6.07. The Bertz CT molecular complexity index is 530. The molecule has 5 heteroatoms. The van der Waals surface area contributed by atoms with E-state index in [0.29, 0.717) is 0 Å². The zero-order chi connectivity index (χ0) is 12.4. The van der Waals surface area contributed by atoms with Crippen LogP contribution in [-0.2, 0) is 12.8 Å². The third-order valence-electron chi connectivity index (χ3n) is 2.76. The molecule has 90 valence electrons. The summed E-state index contributed by atoms with van der Waals surface area (Å²) in [6.45, 7) is 6.09. The molecule has 0 aliphatic rings. The van der Waals surface area contributed by atoms with E-state index in [1.165, 1.54) is 0 Å². The van der Waals surface area contributed by atoms with Crippen LogP contribution < -0.4 is 5.73 Å². The van der Waals surface area contributed by atoms with E-state index in [0.717, 1.165) is 41.3 Å². The number of aromatic nitrogens is 4. The van der Waals surface area contributed by atoms with Gasteiger partial charge in [0.05, 0.1) is 23.3 Å². The van der Waals surface area contributed by atoms with Crippen molar-refractivity contribution in [1.82, 2.24) is 20.0 Å². The van der Waals surface area contributed by atoms with Crippen molar-refractivity contribution in [3.8, 4) is 5.82 Å². The number of hydrogen-bond donors (Lipinski definition) is 1. The molecule has 2 aromatic rings. The number of hydrogen-bond acceptors (Lipinski definition) is 4. The summed E-state index contributed by atoms with van der Waals surface area (Å²) >= 11 is 0. The van der Waals surface area contributed by atoms with Gasteiger partial charge in [-0.15, -0.1) is 5.10 Å². The minimum atomic E-state index is 0.730. The fourth-order valence-corrected chi connectivity index (χ4v) is 1.86. The molecule has 0 fully saturated rings. The molecule has 0 aromatic carbocycles. The number of rotatable bonds is 3. The first-order chi connectivity index (χ1) is 8.17. The minimum absolute atomic E-state index is 0.730. The van der Waals surface area contributed by atoms with Crippen molar-refractivity contribution < 1.29 is 0 Å². The highest BCUT2D eigenvalue weighted by molar-refractivity contribution is 5.51. The van der Waals surface area contributed by atoms with E-state index < -0.39 is 0 Å². The van der Waals surface area contributed by atoms with Gasteiger partial charge >= 0.3 is 0 Å². The monoisotopic (exact) mass is 231 g/mol. The van der Waals surface area contributed by atoms with E-state index in [2.05, 4.69) is 22.2 Å². The average molecular weight is 231 g/mol. The zero-order valence-corrected chi connectivity index (χ0v) is 10.4. The molecule has 2 N–H and O–H groups in total. The lowest BCUT2D eigenvalue weighted by atomic mass is 10.2. The van der Waals surface area contributed by atoms with Gasteiger partial charge in [-0.25, -0.2) is 4.68 Å². The van der Waals surface area contributed by atoms with Crippen molar-refractivity contribution in [2.24, 2.45) is 0 Å². The summed E-state index contributed by atoms with van der Waals surface area (Å²) in [5, 5.41) is 12.6. The van der Waals surface area contributed by atoms with Crippen molar-refractivity contribution in [3.05, 3.63) is 29.2 Å². The molecule has 0 saturated heterocycles. The Balaban J connectivity index is 2.58. The molecular weight excluding hydrogens is 214 g/mol. The van der Waals surface area contributed by atoms with E-state index in [4.69, 9.17) is 5.73 Å². The SMILES string of the molecule is CCc1nn(-c2cc(C)cnn2)c(CC)c1N. The predicted octanol–water partition coefficient (Wildman–Crippen LogP) is 1.68. The van der Waals surface area contributed by atoms with Gasteiger partial charge in [-0.1, -0.05) is 13.8 Å². The Hall–Kier alpha value is -1.91. The van der Waals surface area contributed by atoms with E-state index in [-0.39, 0.29) is 0 Å². The normalized spacial score (nSPS) is 10.8. The molecule has 0 spiro atoms. The van der Waals surface area contributed by atoms with Crippen molar-refractivity contribution in [2.45, 2.75) is 33.6 Å². The number of nitrogens with zero attached hydrogens (tertiary/aromatic N) is 4. The lowest BCUT2D eigenvalue weighted by Gasteiger charge is -2.04. The van der Waals surface area contributed by atoms with Crippen LogP contribution in [-0.4, -0.2) is 20.0 Å². The van der Waals surface area contributed by atoms with Crippen molar-refractivity contribution in [3.63, 3.8) is 0 Å². The summed E-state index contributed by atoms with van der Waals surface area (Å²) in [6.07, 6.45) is 3.38. The first kappa shape index (κ1) is 11.6. The molecule has 2 rings (SSSR count). The van der Waals surface area contributed by atoms with Gasteiger partial charge in [0.15, 0.2) is 5.82 Å². The van der Waals surface area contributed by atoms with Gasteiger partial charge in [0.2, 0.25) is 0 Å². The Morgan fingerprint density at radius 1 is 1.29 bits per heavy atom. The summed E-state index contributed by atoms with van der Waals surface area (Å²) in [5.74, 6) is 0.730. The van der Waals surface area contributed by atoms with Crippen molar-refractivity contribution in [1.29, 1.82) is 0 Å². The number of nitrogens with two attached hydrogens (primary N) is 1. The maximum Gasteiger partial charge on any atom is 0.176 e. The smallest absolute Gasteiger partial charge is 0.176 e. The number of aryl methyl sites for hydroxylation is 2. The average Bonchev–Trinajstić information content (AvgIpc) is 2.65. The molecule has 0 aliphatic carbocycles. The molecule has 0 radical (unpaired) electrons.